The van der Waals surface area contributed by atoms with E-state index in [0.29, 0.717) is 24.5 Å². The minimum absolute atomic E-state index is 0.214. The Hall–Kier alpha value is -3.62. The van der Waals surface area contributed by atoms with Gasteiger partial charge >= 0.3 is 0 Å². The second kappa shape index (κ2) is 7.57. The van der Waals surface area contributed by atoms with Crippen LogP contribution in [0.2, 0.25) is 0 Å². The monoisotopic (exact) mass is 417 g/mol. The first-order valence-corrected chi connectivity index (χ1v) is 10.4. The first kappa shape index (κ1) is 19.3. The Bertz CT molecular complexity index is 1290. The Kier molecular flexibility index (Phi) is 4.72. The summed E-state index contributed by atoms with van der Waals surface area (Å²) in [4.78, 5) is 18.3. The van der Waals surface area contributed by atoms with E-state index in [1.54, 1.807) is 14.2 Å². The van der Waals surface area contributed by atoms with Crippen molar-refractivity contribution in [3.8, 4) is 28.4 Å². The van der Waals surface area contributed by atoms with Crippen LogP contribution in [0.15, 0.2) is 30.5 Å². The topological polar surface area (TPSA) is 101 Å². The molecule has 0 unspecified atom stereocenters. The Morgan fingerprint density at radius 1 is 1.23 bits per heavy atom. The van der Waals surface area contributed by atoms with Gasteiger partial charge < -0.3 is 4.74 Å². The van der Waals surface area contributed by atoms with Crippen molar-refractivity contribution in [1.29, 1.82) is 0 Å². The summed E-state index contributed by atoms with van der Waals surface area (Å²) in [6, 6.07) is 7.78. The zero-order chi connectivity index (χ0) is 21.5. The maximum Gasteiger partial charge on any atom is 0.208 e. The van der Waals surface area contributed by atoms with Gasteiger partial charge in [-0.1, -0.05) is 6.07 Å². The van der Waals surface area contributed by atoms with Crippen LogP contribution in [0, 0.1) is 5.92 Å². The van der Waals surface area contributed by atoms with Gasteiger partial charge in [0.2, 0.25) is 5.82 Å². The van der Waals surface area contributed by atoms with Crippen molar-refractivity contribution < 1.29 is 9.53 Å². The van der Waals surface area contributed by atoms with Crippen molar-refractivity contribution >= 4 is 16.7 Å². The molecule has 0 spiro atoms. The molecule has 158 valence electrons. The largest absolute Gasteiger partial charge is 0.495 e. The number of hydrogen-bond acceptors (Lipinski definition) is 7. The fourth-order valence-electron chi connectivity index (χ4n) is 3.89. The molecule has 5 rings (SSSR count). The fraction of sp³-hybridized carbons (Fsp3) is 0.364. The number of carbonyl (C=O) groups excluding carboxylic acids is 1. The molecule has 4 aromatic rings. The minimum atomic E-state index is 0.214. The van der Waals surface area contributed by atoms with Crippen LogP contribution in [0.1, 0.15) is 25.5 Å². The lowest BCUT2D eigenvalue weighted by Gasteiger charge is -2.10. The number of aromatic nitrogens is 7. The lowest BCUT2D eigenvalue weighted by Crippen LogP contribution is -2.06. The molecule has 1 fully saturated rings. The highest BCUT2D eigenvalue weighted by atomic mass is 16.5. The van der Waals surface area contributed by atoms with Crippen LogP contribution in [-0.2, 0) is 24.8 Å². The highest BCUT2D eigenvalue weighted by Crippen LogP contribution is 2.40. The van der Waals surface area contributed by atoms with Gasteiger partial charge in [-0.3, -0.25) is 14.5 Å². The maximum atomic E-state index is 12.3. The number of ether oxygens (including phenoxy) is 1. The number of benzene rings is 1. The molecule has 0 bridgehead atoms. The number of hydrogen-bond donors (Lipinski definition) is 0. The first-order chi connectivity index (χ1) is 15.1. The average molecular weight is 417 g/mol. The molecule has 9 nitrogen and oxygen atoms in total. The number of carbonyl (C=O) groups is 1. The quantitative estimate of drug-likeness (QED) is 0.456. The van der Waals surface area contributed by atoms with E-state index in [1.807, 2.05) is 42.1 Å². The van der Waals surface area contributed by atoms with Crippen molar-refractivity contribution in [3.63, 3.8) is 0 Å². The molecule has 31 heavy (non-hydrogen) atoms. The summed E-state index contributed by atoms with van der Waals surface area (Å²) in [5, 5.41) is 18.2. The summed E-state index contributed by atoms with van der Waals surface area (Å²) in [5.74, 6) is 1.60. The predicted molar refractivity (Wildman–Crippen MR) is 114 cm³/mol. The lowest BCUT2D eigenvalue weighted by molar-refractivity contribution is -0.119. The molecule has 9 heteroatoms. The predicted octanol–water partition coefficient (Wildman–Crippen LogP) is 2.84. The maximum absolute atomic E-state index is 12.3. The summed E-state index contributed by atoms with van der Waals surface area (Å²) < 4.78 is 7.70. The Morgan fingerprint density at radius 3 is 2.71 bits per heavy atom. The van der Waals surface area contributed by atoms with Crippen LogP contribution in [-0.4, -0.2) is 47.9 Å². The smallest absolute Gasteiger partial charge is 0.208 e. The molecule has 1 aliphatic rings. The fourth-order valence-corrected chi connectivity index (χ4v) is 3.89. The first-order valence-electron chi connectivity index (χ1n) is 10.4. The van der Waals surface area contributed by atoms with E-state index in [0.717, 1.165) is 46.3 Å². The van der Waals surface area contributed by atoms with E-state index in [2.05, 4.69) is 20.4 Å². The molecule has 1 aliphatic carbocycles. The van der Waals surface area contributed by atoms with Gasteiger partial charge in [-0.25, -0.2) is 0 Å². The number of fused-ring (bicyclic) bond motifs is 1. The van der Waals surface area contributed by atoms with Crippen molar-refractivity contribution in [1.82, 2.24) is 35.0 Å². The number of tetrazole rings is 1. The van der Waals surface area contributed by atoms with Gasteiger partial charge in [-0.15, -0.1) is 10.2 Å². The number of methoxy groups -OCH3 is 1. The summed E-state index contributed by atoms with van der Waals surface area (Å²) in [6.45, 7) is 2.74. The number of nitrogens with zero attached hydrogens (tertiary/aromatic N) is 7. The normalized spacial score (nSPS) is 13.6. The summed E-state index contributed by atoms with van der Waals surface area (Å²) >= 11 is 0. The van der Waals surface area contributed by atoms with Gasteiger partial charge in [0.1, 0.15) is 17.2 Å². The highest BCUT2D eigenvalue weighted by molar-refractivity contribution is 5.97. The van der Waals surface area contributed by atoms with Gasteiger partial charge in [-0.2, -0.15) is 9.90 Å². The zero-order valence-corrected chi connectivity index (χ0v) is 17.7. The summed E-state index contributed by atoms with van der Waals surface area (Å²) in [6.07, 6.45) is 4.17. The van der Waals surface area contributed by atoms with Crippen LogP contribution < -0.4 is 4.74 Å². The molecular formula is C22H23N7O2. The van der Waals surface area contributed by atoms with Crippen molar-refractivity contribution in [2.24, 2.45) is 13.0 Å². The highest BCUT2D eigenvalue weighted by Gasteiger charge is 2.29. The van der Waals surface area contributed by atoms with Crippen molar-refractivity contribution in [2.45, 2.75) is 32.7 Å². The molecular weight excluding hydrogens is 394 g/mol. The molecule has 0 radical (unpaired) electrons. The number of aryl methyl sites for hydroxylation is 2. The van der Waals surface area contributed by atoms with Gasteiger partial charge in [0.05, 0.1) is 31.4 Å². The molecule has 1 aromatic carbocycles. The zero-order valence-electron chi connectivity index (χ0n) is 17.7. The van der Waals surface area contributed by atoms with Gasteiger partial charge in [-0.05, 0) is 43.2 Å². The third-order valence-electron chi connectivity index (χ3n) is 5.60. The van der Waals surface area contributed by atoms with E-state index in [1.165, 1.54) is 4.80 Å². The molecule has 0 amide bonds. The summed E-state index contributed by atoms with van der Waals surface area (Å²) in [5.41, 5.74) is 4.04. The van der Waals surface area contributed by atoms with Crippen molar-refractivity contribution in [3.05, 3.63) is 36.2 Å². The third kappa shape index (κ3) is 3.45. The van der Waals surface area contributed by atoms with E-state index in [9.17, 15) is 4.79 Å². The molecule has 0 atom stereocenters. The van der Waals surface area contributed by atoms with E-state index in [-0.39, 0.29) is 11.7 Å². The molecule has 1 saturated carbocycles. The summed E-state index contributed by atoms with van der Waals surface area (Å²) in [7, 11) is 3.35. The number of pyridine rings is 1. The molecule has 3 heterocycles. The second-order valence-electron chi connectivity index (χ2n) is 7.76. The molecule has 0 saturated heterocycles. The van der Waals surface area contributed by atoms with Gasteiger partial charge in [0.15, 0.2) is 0 Å². The average Bonchev–Trinajstić information content (AvgIpc) is 3.45. The standard InChI is InChI=1S/C22H23N7O2/c1-4-29-18-12-23-14(11-19(30)13-8-9-13)10-17(18)20(25-29)15-6-5-7-16(21(15)31-3)22-24-27-28(2)26-22/h5-7,10,12-13H,4,8-9,11H2,1-3H3. The van der Waals surface area contributed by atoms with E-state index >= 15 is 0 Å². The number of para-hydroxylation sites is 1. The van der Waals surface area contributed by atoms with Gasteiger partial charge in [0.25, 0.3) is 0 Å². The van der Waals surface area contributed by atoms with Crippen LogP contribution >= 0.6 is 0 Å². The Balaban J connectivity index is 1.66. The van der Waals surface area contributed by atoms with Crippen LogP contribution in [0.3, 0.4) is 0 Å². The number of Topliss-reactive ketones (excluding diaryl/α,β-unsaturated/α-hetero) is 1. The Labute approximate surface area is 179 Å². The number of rotatable bonds is 7. The lowest BCUT2D eigenvalue weighted by atomic mass is 10.0. The number of ketones is 1. The molecule has 3 aromatic heterocycles. The third-order valence-corrected chi connectivity index (χ3v) is 5.60. The van der Waals surface area contributed by atoms with Gasteiger partial charge in [0, 0.05) is 35.5 Å². The Morgan fingerprint density at radius 2 is 2.03 bits per heavy atom. The van der Waals surface area contributed by atoms with Crippen LogP contribution in [0.5, 0.6) is 5.75 Å². The van der Waals surface area contributed by atoms with E-state index in [4.69, 9.17) is 9.84 Å². The van der Waals surface area contributed by atoms with Crippen molar-refractivity contribution in [2.75, 3.05) is 7.11 Å². The van der Waals surface area contributed by atoms with E-state index < -0.39 is 0 Å². The van der Waals surface area contributed by atoms with Crippen LogP contribution in [0.25, 0.3) is 33.5 Å². The van der Waals surface area contributed by atoms with Crippen LogP contribution in [0.4, 0.5) is 0 Å². The molecule has 0 N–H and O–H groups in total. The minimum Gasteiger partial charge on any atom is -0.495 e. The SMILES string of the molecule is CCn1nc(-c2cccc(-c3nnn(C)n3)c2OC)c2cc(CC(=O)C3CC3)ncc21. The second-order valence-corrected chi connectivity index (χ2v) is 7.76. The molecule has 0 aliphatic heterocycles.